The van der Waals surface area contributed by atoms with Crippen molar-refractivity contribution in [1.82, 2.24) is 15.5 Å². The topological polar surface area (TPSA) is 69.1 Å². The molecule has 1 aromatic rings. The fourth-order valence-corrected chi connectivity index (χ4v) is 3.05. The molecule has 0 spiro atoms. The Hall–Kier alpha value is -1.95. The lowest BCUT2D eigenvalue weighted by atomic mass is 10.0. The molecule has 0 amide bonds. The van der Waals surface area contributed by atoms with Gasteiger partial charge in [0.1, 0.15) is 11.5 Å². The number of aromatic hydroxyl groups is 1. The number of ether oxygens (including phenoxy) is 1. The molecule has 0 atom stereocenters. The van der Waals surface area contributed by atoms with Gasteiger partial charge >= 0.3 is 0 Å². The standard InChI is InChI=1S/C19H32N4O2/c1-5-20-19(22-16-8-10-23(11-9-16)14(2)3)21-13-15-12-17(25-4)6-7-18(15)24/h6-7,12,14,16,24H,5,8-11,13H2,1-4H3,(H2,20,21,22). The molecule has 0 saturated carbocycles. The van der Waals surface area contributed by atoms with Gasteiger partial charge in [0.05, 0.1) is 13.7 Å². The number of phenolic OH excluding ortho intramolecular Hbond substituents is 1. The van der Waals surface area contributed by atoms with Crippen LogP contribution in [-0.4, -0.2) is 54.8 Å². The van der Waals surface area contributed by atoms with Crippen LogP contribution in [0.5, 0.6) is 11.5 Å². The molecule has 0 aromatic heterocycles. The van der Waals surface area contributed by atoms with Crippen molar-refractivity contribution in [1.29, 1.82) is 0 Å². The van der Waals surface area contributed by atoms with E-state index in [1.807, 2.05) is 6.07 Å². The third-order valence-electron chi connectivity index (χ3n) is 4.64. The summed E-state index contributed by atoms with van der Waals surface area (Å²) < 4.78 is 5.22. The molecule has 25 heavy (non-hydrogen) atoms. The number of piperidine rings is 1. The van der Waals surface area contributed by atoms with Crippen LogP contribution in [0, 0.1) is 0 Å². The SMILES string of the molecule is CCNC(=NCc1cc(OC)ccc1O)NC1CCN(C(C)C)CC1. The minimum absolute atomic E-state index is 0.241. The van der Waals surface area contributed by atoms with Gasteiger partial charge in [0, 0.05) is 37.3 Å². The van der Waals surface area contributed by atoms with Crippen LogP contribution in [-0.2, 0) is 6.54 Å². The fourth-order valence-electron chi connectivity index (χ4n) is 3.05. The summed E-state index contributed by atoms with van der Waals surface area (Å²) in [5.74, 6) is 1.76. The predicted molar refractivity (Wildman–Crippen MR) is 102 cm³/mol. The Balaban J connectivity index is 1.97. The maximum absolute atomic E-state index is 10.0. The van der Waals surface area contributed by atoms with Crippen molar-refractivity contribution in [2.24, 2.45) is 4.99 Å². The van der Waals surface area contributed by atoms with Gasteiger partial charge in [-0.05, 0) is 51.8 Å². The highest BCUT2D eigenvalue weighted by atomic mass is 16.5. The summed E-state index contributed by atoms with van der Waals surface area (Å²) in [6.45, 7) is 10.0. The van der Waals surface area contributed by atoms with Gasteiger partial charge < -0.3 is 25.4 Å². The lowest BCUT2D eigenvalue weighted by Gasteiger charge is -2.35. The lowest BCUT2D eigenvalue weighted by molar-refractivity contribution is 0.167. The summed E-state index contributed by atoms with van der Waals surface area (Å²) in [4.78, 5) is 7.14. The molecule has 140 valence electrons. The Labute approximate surface area is 151 Å². The van der Waals surface area contributed by atoms with E-state index in [9.17, 15) is 5.11 Å². The van der Waals surface area contributed by atoms with Crippen molar-refractivity contribution in [3.8, 4) is 11.5 Å². The summed E-state index contributed by atoms with van der Waals surface area (Å²) >= 11 is 0. The number of methoxy groups -OCH3 is 1. The third kappa shape index (κ3) is 5.81. The molecule has 6 nitrogen and oxygen atoms in total. The minimum Gasteiger partial charge on any atom is -0.508 e. The lowest BCUT2D eigenvalue weighted by Crippen LogP contribution is -2.49. The van der Waals surface area contributed by atoms with E-state index >= 15 is 0 Å². The van der Waals surface area contributed by atoms with E-state index in [-0.39, 0.29) is 5.75 Å². The van der Waals surface area contributed by atoms with Crippen LogP contribution in [0.3, 0.4) is 0 Å². The van der Waals surface area contributed by atoms with Crippen molar-refractivity contribution in [2.75, 3.05) is 26.7 Å². The maximum Gasteiger partial charge on any atom is 0.191 e. The van der Waals surface area contributed by atoms with Crippen molar-refractivity contribution in [3.63, 3.8) is 0 Å². The third-order valence-corrected chi connectivity index (χ3v) is 4.64. The van der Waals surface area contributed by atoms with Gasteiger partial charge in [-0.2, -0.15) is 0 Å². The highest BCUT2D eigenvalue weighted by Gasteiger charge is 2.21. The fraction of sp³-hybridized carbons (Fsp3) is 0.632. The Morgan fingerprint density at radius 1 is 1.36 bits per heavy atom. The number of aliphatic imine (C=N–C) groups is 1. The quantitative estimate of drug-likeness (QED) is 0.544. The van der Waals surface area contributed by atoms with Crippen LogP contribution in [0.25, 0.3) is 0 Å². The van der Waals surface area contributed by atoms with Crippen LogP contribution < -0.4 is 15.4 Å². The van der Waals surface area contributed by atoms with E-state index in [0.29, 0.717) is 18.6 Å². The number of nitrogens with zero attached hydrogens (tertiary/aromatic N) is 2. The van der Waals surface area contributed by atoms with Gasteiger partial charge in [0.2, 0.25) is 0 Å². The average Bonchev–Trinajstić information content (AvgIpc) is 2.61. The normalized spacial score (nSPS) is 16.9. The van der Waals surface area contributed by atoms with Gasteiger partial charge in [-0.1, -0.05) is 0 Å². The molecule has 1 aromatic carbocycles. The van der Waals surface area contributed by atoms with Crippen LogP contribution in [0.4, 0.5) is 0 Å². The van der Waals surface area contributed by atoms with Gasteiger partial charge in [0.25, 0.3) is 0 Å². The number of benzene rings is 1. The van der Waals surface area contributed by atoms with Crippen LogP contribution in [0.2, 0.25) is 0 Å². The first kappa shape index (κ1) is 19.4. The number of likely N-dealkylation sites (tertiary alicyclic amines) is 1. The molecule has 0 radical (unpaired) electrons. The van der Waals surface area contributed by atoms with Crippen LogP contribution in [0.1, 0.15) is 39.2 Å². The summed E-state index contributed by atoms with van der Waals surface area (Å²) in [7, 11) is 1.62. The average molecular weight is 348 g/mol. The minimum atomic E-state index is 0.241. The zero-order chi connectivity index (χ0) is 18.2. The van der Waals surface area contributed by atoms with Gasteiger partial charge in [-0.3, -0.25) is 0 Å². The first-order valence-corrected chi connectivity index (χ1v) is 9.18. The second-order valence-electron chi connectivity index (χ2n) is 6.74. The summed E-state index contributed by atoms with van der Waals surface area (Å²) in [6.07, 6.45) is 2.24. The summed E-state index contributed by atoms with van der Waals surface area (Å²) in [5.41, 5.74) is 0.756. The van der Waals surface area contributed by atoms with E-state index in [0.717, 1.165) is 49.7 Å². The van der Waals surface area contributed by atoms with E-state index < -0.39 is 0 Å². The Morgan fingerprint density at radius 3 is 2.68 bits per heavy atom. The highest BCUT2D eigenvalue weighted by molar-refractivity contribution is 5.80. The molecular formula is C19H32N4O2. The number of hydrogen-bond acceptors (Lipinski definition) is 4. The molecular weight excluding hydrogens is 316 g/mol. The zero-order valence-electron chi connectivity index (χ0n) is 15.9. The van der Waals surface area contributed by atoms with Crippen molar-refractivity contribution >= 4 is 5.96 Å². The number of guanidine groups is 1. The number of nitrogens with one attached hydrogen (secondary N) is 2. The first-order chi connectivity index (χ1) is 12.0. The Kier molecular flexibility index (Phi) is 7.37. The molecule has 1 aliphatic rings. The maximum atomic E-state index is 10.0. The summed E-state index contributed by atoms with van der Waals surface area (Å²) in [5, 5.41) is 16.8. The number of rotatable bonds is 6. The first-order valence-electron chi connectivity index (χ1n) is 9.18. The molecule has 0 bridgehead atoms. The molecule has 2 rings (SSSR count). The van der Waals surface area contributed by atoms with E-state index in [1.54, 1.807) is 19.2 Å². The largest absolute Gasteiger partial charge is 0.508 e. The molecule has 3 N–H and O–H groups in total. The van der Waals surface area contributed by atoms with Gasteiger partial charge in [-0.15, -0.1) is 0 Å². The summed E-state index contributed by atoms with van der Waals surface area (Å²) in [6, 6.07) is 6.26. The van der Waals surface area contributed by atoms with Gasteiger partial charge in [0.15, 0.2) is 5.96 Å². The molecule has 0 unspecified atom stereocenters. The van der Waals surface area contributed by atoms with E-state index in [1.165, 1.54) is 0 Å². The highest BCUT2D eigenvalue weighted by Crippen LogP contribution is 2.23. The number of hydrogen-bond donors (Lipinski definition) is 3. The second-order valence-corrected chi connectivity index (χ2v) is 6.74. The van der Waals surface area contributed by atoms with Crippen molar-refractivity contribution in [3.05, 3.63) is 23.8 Å². The van der Waals surface area contributed by atoms with Crippen molar-refractivity contribution in [2.45, 2.75) is 52.2 Å². The van der Waals surface area contributed by atoms with E-state index in [4.69, 9.17) is 4.74 Å². The smallest absolute Gasteiger partial charge is 0.191 e. The molecule has 1 aliphatic heterocycles. The molecule has 0 aliphatic carbocycles. The number of phenols is 1. The monoisotopic (exact) mass is 348 g/mol. The molecule has 1 saturated heterocycles. The van der Waals surface area contributed by atoms with Crippen molar-refractivity contribution < 1.29 is 9.84 Å². The van der Waals surface area contributed by atoms with Gasteiger partial charge in [-0.25, -0.2) is 4.99 Å². The second kappa shape index (κ2) is 9.51. The van der Waals surface area contributed by atoms with Crippen LogP contribution in [0.15, 0.2) is 23.2 Å². The predicted octanol–water partition coefficient (Wildman–Crippen LogP) is 2.33. The molecule has 1 fully saturated rings. The molecule has 1 heterocycles. The Bertz CT molecular complexity index is 567. The van der Waals surface area contributed by atoms with Crippen LogP contribution >= 0.6 is 0 Å². The Morgan fingerprint density at radius 2 is 2.08 bits per heavy atom. The zero-order valence-corrected chi connectivity index (χ0v) is 15.9. The van der Waals surface area contributed by atoms with E-state index in [2.05, 4.69) is 41.3 Å². The molecule has 6 heteroatoms.